The molecule has 1 aromatic rings. The van der Waals surface area contributed by atoms with Crippen LogP contribution in [-0.4, -0.2) is 31.6 Å². The quantitative estimate of drug-likeness (QED) is 0.785. The topological polar surface area (TPSA) is 54.5 Å². The molecule has 0 N–H and O–H groups in total. The maximum absolute atomic E-state index is 12.3. The molecule has 1 saturated heterocycles. The van der Waals surface area contributed by atoms with E-state index in [0.29, 0.717) is 31.0 Å². The minimum Gasteiger partial charge on any atom is -0.294 e. The number of carbonyl (C=O) groups is 1. The Kier molecular flexibility index (Phi) is 4.60. The molecule has 1 aliphatic rings. The van der Waals surface area contributed by atoms with Crippen molar-refractivity contribution >= 4 is 15.8 Å². The van der Waals surface area contributed by atoms with Crippen molar-refractivity contribution in [3.63, 3.8) is 0 Å². The number of ketones is 1. The summed E-state index contributed by atoms with van der Waals surface area (Å²) in [5, 5.41) is 0. The highest BCUT2D eigenvalue weighted by Gasteiger charge is 2.27. The molecule has 1 aliphatic heterocycles. The Balaban J connectivity index is 2.17. The SMILES string of the molecule is CC(C)CC(=O)c1ccc(S(=O)(=O)N2CCCC2)cc1. The van der Waals surface area contributed by atoms with Crippen molar-refractivity contribution in [2.24, 2.45) is 5.92 Å². The molecule has 0 spiro atoms. The van der Waals surface area contributed by atoms with Crippen LogP contribution in [0.4, 0.5) is 0 Å². The molecule has 2 rings (SSSR count). The highest BCUT2D eigenvalue weighted by atomic mass is 32.2. The fourth-order valence-electron chi connectivity index (χ4n) is 2.38. The Morgan fingerprint density at radius 1 is 1.15 bits per heavy atom. The normalized spacial score (nSPS) is 16.8. The largest absolute Gasteiger partial charge is 0.294 e. The third-order valence-corrected chi connectivity index (χ3v) is 5.39. The predicted molar refractivity (Wildman–Crippen MR) is 78.2 cm³/mol. The van der Waals surface area contributed by atoms with Gasteiger partial charge in [-0.05, 0) is 30.9 Å². The summed E-state index contributed by atoms with van der Waals surface area (Å²) in [5.74, 6) is 0.362. The maximum Gasteiger partial charge on any atom is 0.243 e. The van der Waals surface area contributed by atoms with E-state index in [0.717, 1.165) is 12.8 Å². The molecule has 0 amide bonds. The van der Waals surface area contributed by atoms with Crippen LogP contribution in [0.25, 0.3) is 0 Å². The second kappa shape index (κ2) is 6.06. The van der Waals surface area contributed by atoms with Gasteiger partial charge in [0.15, 0.2) is 5.78 Å². The minimum atomic E-state index is -3.38. The molecule has 0 atom stereocenters. The Labute approximate surface area is 120 Å². The first-order chi connectivity index (χ1) is 9.41. The van der Waals surface area contributed by atoms with Crippen LogP contribution in [0.1, 0.15) is 43.5 Å². The molecule has 0 radical (unpaired) electrons. The first kappa shape index (κ1) is 15.2. The van der Waals surface area contributed by atoms with Gasteiger partial charge < -0.3 is 0 Å². The van der Waals surface area contributed by atoms with Gasteiger partial charge >= 0.3 is 0 Å². The van der Waals surface area contributed by atoms with Gasteiger partial charge in [-0.15, -0.1) is 0 Å². The Bertz CT molecular complexity index is 570. The van der Waals surface area contributed by atoms with Crippen LogP contribution in [0.5, 0.6) is 0 Å². The zero-order valence-electron chi connectivity index (χ0n) is 12.0. The molecule has 1 heterocycles. The summed E-state index contributed by atoms with van der Waals surface area (Å²) in [5.41, 5.74) is 0.582. The van der Waals surface area contributed by atoms with E-state index >= 15 is 0 Å². The third kappa shape index (κ3) is 3.27. The predicted octanol–water partition coefficient (Wildman–Crippen LogP) is 2.70. The molecule has 1 aromatic carbocycles. The van der Waals surface area contributed by atoms with E-state index in [1.807, 2.05) is 13.8 Å². The number of benzene rings is 1. The van der Waals surface area contributed by atoms with Crippen LogP contribution in [0.15, 0.2) is 29.2 Å². The van der Waals surface area contributed by atoms with Gasteiger partial charge in [0.05, 0.1) is 4.90 Å². The van der Waals surface area contributed by atoms with E-state index in [9.17, 15) is 13.2 Å². The molecule has 0 aliphatic carbocycles. The highest BCUT2D eigenvalue weighted by Crippen LogP contribution is 2.21. The van der Waals surface area contributed by atoms with Crippen LogP contribution >= 0.6 is 0 Å². The number of sulfonamides is 1. The molecule has 110 valence electrons. The second-order valence-electron chi connectivity index (χ2n) is 5.66. The van der Waals surface area contributed by atoms with Crippen molar-refractivity contribution in [1.29, 1.82) is 0 Å². The molecule has 0 bridgehead atoms. The third-order valence-electron chi connectivity index (χ3n) is 3.47. The number of hydrogen-bond acceptors (Lipinski definition) is 3. The van der Waals surface area contributed by atoms with Crippen LogP contribution in [0.3, 0.4) is 0 Å². The average molecular weight is 295 g/mol. The summed E-state index contributed by atoms with van der Waals surface area (Å²) in [6, 6.07) is 6.32. The van der Waals surface area contributed by atoms with Gasteiger partial charge in [-0.1, -0.05) is 26.0 Å². The number of carbonyl (C=O) groups excluding carboxylic acids is 1. The lowest BCUT2D eigenvalue weighted by molar-refractivity contribution is 0.0967. The Morgan fingerprint density at radius 3 is 2.20 bits per heavy atom. The number of nitrogens with zero attached hydrogens (tertiary/aromatic N) is 1. The van der Waals surface area contributed by atoms with E-state index in [1.165, 1.54) is 4.31 Å². The van der Waals surface area contributed by atoms with Crippen molar-refractivity contribution < 1.29 is 13.2 Å². The molecular formula is C15H21NO3S. The van der Waals surface area contributed by atoms with E-state index in [-0.39, 0.29) is 10.7 Å². The van der Waals surface area contributed by atoms with Crippen LogP contribution in [0.2, 0.25) is 0 Å². The van der Waals surface area contributed by atoms with Gasteiger partial charge in [0, 0.05) is 25.1 Å². The van der Waals surface area contributed by atoms with Gasteiger partial charge in [-0.2, -0.15) is 4.31 Å². The first-order valence-corrected chi connectivity index (χ1v) is 8.48. The Hall–Kier alpha value is -1.20. The number of rotatable bonds is 5. The smallest absolute Gasteiger partial charge is 0.243 e. The second-order valence-corrected chi connectivity index (χ2v) is 7.59. The van der Waals surface area contributed by atoms with E-state index in [1.54, 1.807) is 24.3 Å². The molecular weight excluding hydrogens is 274 g/mol. The standard InChI is InChI=1S/C15H21NO3S/c1-12(2)11-15(17)13-5-7-14(8-6-13)20(18,19)16-9-3-4-10-16/h5-8,12H,3-4,9-11H2,1-2H3. The van der Waals surface area contributed by atoms with E-state index < -0.39 is 10.0 Å². The zero-order valence-corrected chi connectivity index (χ0v) is 12.8. The van der Waals surface area contributed by atoms with Gasteiger partial charge in [0.1, 0.15) is 0 Å². The fourth-order valence-corrected chi connectivity index (χ4v) is 3.90. The maximum atomic E-state index is 12.3. The van der Waals surface area contributed by atoms with Gasteiger partial charge in [-0.3, -0.25) is 4.79 Å². The van der Waals surface area contributed by atoms with Crippen LogP contribution < -0.4 is 0 Å². The van der Waals surface area contributed by atoms with E-state index in [4.69, 9.17) is 0 Å². The number of Topliss-reactive ketones (excluding diaryl/α,β-unsaturated/α-hetero) is 1. The lowest BCUT2D eigenvalue weighted by atomic mass is 10.0. The van der Waals surface area contributed by atoms with E-state index in [2.05, 4.69) is 0 Å². The minimum absolute atomic E-state index is 0.0603. The molecule has 0 aromatic heterocycles. The molecule has 5 heteroatoms. The van der Waals surface area contributed by atoms with Gasteiger partial charge in [-0.25, -0.2) is 8.42 Å². The van der Waals surface area contributed by atoms with Crippen molar-refractivity contribution in [1.82, 2.24) is 4.31 Å². The lowest BCUT2D eigenvalue weighted by Gasteiger charge is -2.15. The first-order valence-electron chi connectivity index (χ1n) is 7.04. The summed E-state index contributed by atoms with van der Waals surface area (Å²) in [6.07, 6.45) is 2.33. The summed E-state index contributed by atoms with van der Waals surface area (Å²) in [7, 11) is -3.38. The van der Waals surface area contributed by atoms with Crippen LogP contribution in [-0.2, 0) is 10.0 Å². The van der Waals surface area contributed by atoms with Crippen molar-refractivity contribution in [2.75, 3.05) is 13.1 Å². The number of hydrogen-bond donors (Lipinski definition) is 0. The molecule has 4 nitrogen and oxygen atoms in total. The monoisotopic (exact) mass is 295 g/mol. The summed E-state index contributed by atoms with van der Waals surface area (Å²) in [6.45, 7) is 5.17. The lowest BCUT2D eigenvalue weighted by Crippen LogP contribution is -2.27. The van der Waals surface area contributed by atoms with Gasteiger partial charge in [0.25, 0.3) is 0 Å². The zero-order chi connectivity index (χ0) is 14.8. The average Bonchev–Trinajstić information content (AvgIpc) is 2.92. The molecule has 0 saturated carbocycles. The van der Waals surface area contributed by atoms with Crippen molar-refractivity contribution in [3.05, 3.63) is 29.8 Å². The summed E-state index contributed by atoms with van der Waals surface area (Å²) in [4.78, 5) is 12.2. The summed E-state index contributed by atoms with van der Waals surface area (Å²) < 4.78 is 26.2. The van der Waals surface area contributed by atoms with Crippen molar-refractivity contribution in [2.45, 2.75) is 38.0 Å². The molecule has 1 fully saturated rings. The fraction of sp³-hybridized carbons (Fsp3) is 0.533. The van der Waals surface area contributed by atoms with Crippen LogP contribution in [0, 0.1) is 5.92 Å². The Morgan fingerprint density at radius 2 is 1.70 bits per heavy atom. The van der Waals surface area contributed by atoms with Gasteiger partial charge in [0.2, 0.25) is 10.0 Å². The summed E-state index contributed by atoms with van der Waals surface area (Å²) >= 11 is 0. The molecule has 20 heavy (non-hydrogen) atoms. The van der Waals surface area contributed by atoms with Crippen molar-refractivity contribution in [3.8, 4) is 0 Å². The molecule has 0 unspecified atom stereocenters. The highest BCUT2D eigenvalue weighted by molar-refractivity contribution is 7.89.